The van der Waals surface area contributed by atoms with Gasteiger partial charge in [-0.15, -0.1) is 0 Å². The summed E-state index contributed by atoms with van der Waals surface area (Å²) in [6, 6.07) is 22.3. The summed E-state index contributed by atoms with van der Waals surface area (Å²) >= 11 is 0. The van der Waals surface area contributed by atoms with Crippen LogP contribution in [0, 0.1) is 0 Å². The molecule has 3 rings (SSSR count). The molecule has 0 aliphatic rings. The minimum atomic E-state index is -3.27. The second-order valence-electron chi connectivity index (χ2n) is 7.42. The molecule has 0 heterocycles. The van der Waals surface area contributed by atoms with Crippen LogP contribution in [0.15, 0.2) is 78.9 Å². The highest BCUT2D eigenvalue weighted by Gasteiger charge is 2.15. The summed E-state index contributed by atoms with van der Waals surface area (Å²) in [5.74, 6) is -0.164. The average Bonchev–Trinajstić information content (AvgIpc) is 2.82. The molecule has 8 heteroatoms. The molecule has 0 spiro atoms. The van der Waals surface area contributed by atoms with Crippen LogP contribution in [0.2, 0.25) is 0 Å². The summed E-state index contributed by atoms with van der Waals surface area (Å²) in [4.78, 5) is 25.2. The van der Waals surface area contributed by atoms with Gasteiger partial charge in [0.25, 0.3) is 11.8 Å². The lowest BCUT2D eigenvalue weighted by Crippen LogP contribution is -2.27. The third-order valence-electron chi connectivity index (χ3n) is 4.92. The van der Waals surface area contributed by atoms with Crippen molar-refractivity contribution in [2.75, 3.05) is 24.7 Å². The van der Waals surface area contributed by atoms with E-state index in [1.807, 2.05) is 6.07 Å². The number of sulfone groups is 1. The molecule has 0 aromatic heterocycles. The highest BCUT2D eigenvalue weighted by atomic mass is 32.2. The fraction of sp³-hybridized carbons (Fsp3) is 0.200. The fourth-order valence-electron chi connectivity index (χ4n) is 3.22. The smallest absolute Gasteiger partial charge is 0.255 e. The standard InChI is InChI=1S/C25H26N2O5S/c1-32-21-14-12-20(13-15-21)24(28)27-23-11-6-5-10-22(23)25(29)26-16-7-17-33(30,31)18-19-8-3-2-4-9-19/h2-6,8-15H,7,16-18H2,1H3,(H,26,29)(H,27,28). The molecule has 3 aromatic carbocycles. The van der Waals surface area contributed by atoms with Crippen LogP contribution in [0.1, 0.15) is 32.7 Å². The van der Waals surface area contributed by atoms with Crippen molar-refractivity contribution in [2.24, 2.45) is 0 Å². The third kappa shape index (κ3) is 7.18. The van der Waals surface area contributed by atoms with Crippen molar-refractivity contribution < 1.29 is 22.7 Å². The highest BCUT2D eigenvalue weighted by molar-refractivity contribution is 7.90. The fourth-order valence-corrected chi connectivity index (χ4v) is 4.65. The Kier molecular flexibility index (Phi) is 8.21. The number of rotatable bonds is 10. The topological polar surface area (TPSA) is 102 Å². The number of methoxy groups -OCH3 is 1. The van der Waals surface area contributed by atoms with Gasteiger partial charge in [-0.25, -0.2) is 8.42 Å². The summed E-state index contributed by atoms with van der Waals surface area (Å²) < 4.78 is 29.7. The number of ether oxygens (including phenoxy) is 1. The van der Waals surface area contributed by atoms with Gasteiger partial charge < -0.3 is 15.4 Å². The number of amides is 2. The van der Waals surface area contributed by atoms with E-state index in [4.69, 9.17) is 4.74 Å². The van der Waals surface area contributed by atoms with E-state index in [9.17, 15) is 18.0 Å². The Hall–Kier alpha value is -3.65. The third-order valence-corrected chi connectivity index (χ3v) is 6.60. The number of nitrogens with one attached hydrogen (secondary N) is 2. The van der Waals surface area contributed by atoms with E-state index in [1.54, 1.807) is 79.9 Å². The summed E-state index contributed by atoms with van der Waals surface area (Å²) in [7, 11) is -1.73. The number of hydrogen-bond donors (Lipinski definition) is 2. The van der Waals surface area contributed by atoms with E-state index >= 15 is 0 Å². The van der Waals surface area contributed by atoms with Crippen molar-refractivity contribution in [3.05, 3.63) is 95.6 Å². The number of anilines is 1. The van der Waals surface area contributed by atoms with Gasteiger partial charge in [0.2, 0.25) is 0 Å². The zero-order chi connectivity index (χ0) is 23.7. The van der Waals surface area contributed by atoms with Gasteiger partial charge in [0, 0.05) is 12.1 Å². The lowest BCUT2D eigenvalue weighted by atomic mass is 10.1. The van der Waals surface area contributed by atoms with Crippen LogP contribution in [-0.4, -0.2) is 39.6 Å². The van der Waals surface area contributed by atoms with E-state index in [1.165, 1.54) is 0 Å². The maximum Gasteiger partial charge on any atom is 0.255 e. The summed E-state index contributed by atoms with van der Waals surface area (Å²) in [6.45, 7) is 0.202. The Bertz CT molecular complexity index is 1190. The Labute approximate surface area is 193 Å². The largest absolute Gasteiger partial charge is 0.497 e. The molecular weight excluding hydrogens is 440 g/mol. The van der Waals surface area contributed by atoms with Gasteiger partial charge in [0.1, 0.15) is 5.75 Å². The summed E-state index contributed by atoms with van der Waals surface area (Å²) in [6.07, 6.45) is 0.293. The number of carbonyl (C=O) groups excluding carboxylic acids is 2. The Morgan fingerprint density at radius 1 is 0.848 bits per heavy atom. The molecule has 33 heavy (non-hydrogen) atoms. The van der Waals surface area contributed by atoms with Crippen molar-refractivity contribution in [1.82, 2.24) is 5.32 Å². The first kappa shape index (κ1) is 24.0. The molecule has 3 aromatic rings. The molecule has 2 N–H and O–H groups in total. The van der Waals surface area contributed by atoms with Crippen molar-refractivity contribution in [1.29, 1.82) is 0 Å². The lowest BCUT2D eigenvalue weighted by molar-refractivity contribution is 0.0954. The van der Waals surface area contributed by atoms with E-state index in [2.05, 4.69) is 10.6 Å². The van der Waals surface area contributed by atoms with Gasteiger partial charge in [-0.1, -0.05) is 42.5 Å². The van der Waals surface area contributed by atoms with Gasteiger partial charge in [-0.05, 0) is 48.4 Å². The van der Waals surface area contributed by atoms with Gasteiger partial charge in [0.15, 0.2) is 9.84 Å². The van der Waals surface area contributed by atoms with Gasteiger partial charge in [0.05, 0.1) is 29.9 Å². The molecule has 0 bridgehead atoms. The van der Waals surface area contributed by atoms with E-state index in [0.717, 1.165) is 5.56 Å². The monoisotopic (exact) mass is 466 g/mol. The molecule has 0 radical (unpaired) electrons. The molecule has 0 fully saturated rings. The second-order valence-corrected chi connectivity index (χ2v) is 9.60. The molecule has 0 unspecified atom stereocenters. The Morgan fingerprint density at radius 3 is 2.21 bits per heavy atom. The molecule has 7 nitrogen and oxygen atoms in total. The van der Waals surface area contributed by atoms with Gasteiger partial charge >= 0.3 is 0 Å². The number of carbonyl (C=O) groups is 2. The van der Waals surface area contributed by atoms with E-state index in [-0.39, 0.29) is 29.9 Å². The number of hydrogen-bond acceptors (Lipinski definition) is 5. The van der Waals surface area contributed by atoms with Crippen LogP contribution in [0.3, 0.4) is 0 Å². The van der Waals surface area contributed by atoms with Crippen LogP contribution in [0.4, 0.5) is 5.69 Å². The molecule has 0 saturated heterocycles. The predicted molar refractivity (Wildman–Crippen MR) is 128 cm³/mol. The minimum Gasteiger partial charge on any atom is -0.497 e. The number of para-hydroxylation sites is 1. The maximum atomic E-state index is 12.7. The van der Waals surface area contributed by atoms with Crippen LogP contribution in [-0.2, 0) is 15.6 Å². The highest BCUT2D eigenvalue weighted by Crippen LogP contribution is 2.18. The lowest BCUT2D eigenvalue weighted by Gasteiger charge is -2.12. The predicted octanol–water partition coefficient (Wildman–Crippen LogP) is 3.68. The zero-order valence-corrected chi connectivity index (χ0v) is 19.1. The van der Waals surface area contributed by atoms with Crippen molar-refractivity contribution in [3.63, 3.8) is 0 Å². The van der Waals surface area contributed by atoms with Crippen molar-refractivity contribution in [2.45, 2.75) is 12.2 Å². The van der Waals surface area contributed by atoms with Crippen LogP contribution >= 0.6 is 0 Å². The molecule has 0 atom stereocenters. The molecule has 0 saturated carbocycles. The first-order valence-corrected chi connectivity index (χ1v) is 12.3. The van der Waals surface area contributed by atoms with Crippen LogP contribution < -0.4 is 15.4 Å². The molecule has 2 amide bonds. The average molecular weight is 467 g/mol. The zero-order valence-electron chi connectivity index (χ0n) is 18.3. The van der Waals surface area contributed by atoms with Crippen LogP contribution in [0.25, 0.3) is 0 Å². The molecule has 172 valence electrons. The van der Waals surface area contributed by atoms with Gasteiger partial charge in [-0.2, -0.15) is 0 Å². The summed E-state index contributed by atoms with van der Waals surface area (Å²) in [5.41, 5.74) is 1.83. The molecule has 0 aliphatic heterocycles. The quantitative estimate of drug-likeness (QED) is 0.444. The first-order valence-electron chi connectivity index (χ1n) is 10.4. The number of benzene rings is 3. The normalized spacial score (nSPS) is 10.9. The Morgan fingerprint density at radius 2 is 1.52 bits per heavy atom. The SMILES string of the molecule is COc1ccc(C(=O)Nc2ccccc2C(=O)NCCCS(=O)(=O)Cc2ccccc2)cc1. The second kappa shape index (κ2) is 11.3. The van der Waals surface area contributed by atoms with E-state index < -0.39 is 9.84 Å². The van der Waals surface area contributed by atoms with E-state index in [0.29, 0.717) is 29.0 Å². The maximum absolute atomic E-state index is 12.7. The van der Waals surface area contributed by atoms with Crippen LogP contribution in [0.5, 0.6) is 5.75 Å². The first-order chi connectivity index (χ1) is 15.9. The molecule has 0 aliphatic carbocycles. The Balaban J connectivity index is 1.54. The molecular formula is C25H26N2O5S. The minimum absolute atomic E-state index is 0.0258. The van der Waals surface area contributed by atoms with Gasteiger partial charge in [-0.3, -0.25) is 9.59 Å². The van der Waals surface area contributed by atoms with Crippen molar-refractivity contribution in [3.8, 4) is 5.75 Å². The van der Waals surface area contributed by atoms with Crippen molar-refractivity contribution >= 4 is 27.3 Å². The summed E-state index contributed by atoms with van der Waals surface area (Å²) in [5, 5.41) is 5.48.